The maximum absolute atomic E-state index is 11.1. The highest BCUT2D eigenvalue weighted by Crippen LogP contribution is 2.15. The molecule has 6 nitrogen and oxygen atoms in total. The normalized spacial score (nSPS) is 10.8. The fourth-order valence-corrected chi connectivity index (χ4v) is 0.769. The van der Waals surface area contributed by atoms with Crippen LogP contribution in [0.5, 0.6) is 0 Å². The van der Waals surface area contributed by atoms with Crippen molar-refractivity contribution in [2.45, 2.75) is 5.79 Å². The lowest BCUT2D eigenvalue weighted by Crippen LogP contribution is -2.51. The standard InChI is InChI=1S/C7H12O6/c1-10-5(8)7(12-3,13-4)6(9)11-2/h1-4H3. The average Bonchev–Trinajstić information content (AvgIpc) is 2.19. The molecular formula is C7H12O6. The molecule has 0 radical (unpaired) electrons. The van der Waals surface area contributed by atoms with Crippen molar-refractivity contribution in [1.29, 1.82) is 0 Å². The molecule has 0 atom stereocenters. The lowest BCUT2D eigenvalue weighted by atomic mass is 10.3. The van der Waals surface area contributed by atoms with Gasteiger partial charge in [-0.15, -0.1) is 0 Å². The van der Waals surface area contributed by atoms with Crippen molar-refractivity contribution in [1.82, 2.24) is 0 Å². The van der Waals surface area contributed by atoms with Gasteiger partial charge in [-0.05, 0) is 0 Å². The second-order valence-corrected chi connectivity index (χ2v) is 2.01. The molecule has 0 aliphatic carbocycles. The number of hydrogen-bond acceptors (Lipinski definition) is 6. The first-order valence-electron chi connectivity index (χ1n) is 3.36. The molecule has 0 heterocycles. The third-order valence-electron chi connectivity index (χ3n) is 1.48. The fourth-order valence-electron chi connectivity index (χ4n) is 0.769. The van der Waals surface area contributed by atoms with E-state index in [1.54, 1.807) is 0 Å². The quantitative estimate of drug-likeness (QED) is 0.334. The Morgan fingerprint density at radius 3 is 1.31 bits per heavy atom. The Balaban J connectivity index is 4.90. The van der Waals surface area contributed by atoms with Gasteiger partial charge in [0.1, 0.15) is 0 Å². The number of ether oxygens (including phenoxy) is 4. The molecule has 6 heteroatoms. The number of hydrogen-bond donors (Lipinski definition) is 0. The average molecular weight is 192 g/mol. The minimum Gasteiger partial charge on any atom is -0.465 e. The number of rotatable bonds is 4. The van der Waals surface area contributed by atoms with E-state index < -0.39 is 17.7 Å². The van der Waals surface area contributed by atoms with E-state index in [2.05, 4.69) is 18.9 Å². The van der Waals surface area contributed by atoms with Crippen LogP contribution < -0.4 is 0 Å². The second kappa shape index (κ2) is 4.78. The Morgan fingerprint density at radius 1 is 0.846 bits per heavy atom. The second-order valence-electron chi connectivity index (χ2n) is 2.01. The Hall–Kier alpha value is -1.14. The Morgan fingerprint density at radius 2 is 1.15 bits per heavy atom. The monoisotopic (exact) mass is 192 g/mol. The van der Waals surface area contributed by atoms with Crippen molar-refractivity contribution in [2.75, 3.05) is 28.4 Å². The Kier molecular flexibility index (Phi) is 4.36. The third-order valence-corrected chi connectivity index (χ3v) is 1.48. The van der Waals surface area contributed by atoms with Crippen LogP contribution in [0, 0.1) is 0 Å². The molecule has 0 spiro atoms. The lowest BCUT2D eigenvalue weighted by molar-refractivity contribution is -0.236. The van der Waals surface area contributed by atoms with E-state index in [1.807, 2.05) is 0 Å². The highest BCUT2D eigenvalue weighted by molar-refractivity contribution is 6.01. The van der Waals surface area contributed by atoms with E-state index in [4.69, 9.17) is 0 Å². The zero-order valence-corrected chi connectivity index (χ0v) is 7.95. The summed E-state index contributed by atoms with van der Waals surface area (Å²) in [5.74, 6) is -4.06. The zero-order chi connectivity index (χ0) is 10.5. The van der Waals surface area contributed by atoms with Gasteiger partial charge in [0.2, 0.25) is 0 Å². The zero-order valence-electron chi connectivity index (χ0n) is 7.95. The van der Waals surface area contributed by atoms with Gasteiger partial charge >= 0.3 is 17.7 Å². The minimum absolute atomic E-state index is 0.968. The van der Waals surface area contributed by atoms with Crippen LogP contribution in [-0.4, -0.2) is 46.2 Å². The topological polar surface area (TPSA) is 71.1 Å². The van der Waals surface area contributed by atoms with Gasteiger partial charge in [-0.25, -0.2) is 9.59 Å². The summed E-state index contributed by atoms with van der Waals surface area (Å²) in [5.41, 5.74) is 0. The largest absolute Gasteiger partial charge is 0.465 e. The summed E-state index contributed by atoms with van der Waals surface area (Å²) >= 11 is 0. The van der Waals surface area contributed by atoms with Crippen molar-refractivity contribution < 1.29 is 28.5 Å². The van der Waals surface area contributed by atoms with E-state index >= 15 is 0 Å². The Labute approximate surface area is 75.7 Å². The highest BCUT2D eigenvalue weighted by Gasteiger charge is 2.50. The van der Waals surface area contributed by atoms with Gasteiger partial charge in [-0.2, -0.15) is 0 Å². The van der Waals surface area contributed by atoms with Gasteiger partial charge in [-0.1, -0.05) is 0 Å². The fraction of sp³-hybridized carbons (Fsp3) is 0.714. The van der Waals surface area contributed by atoms with Crippen LogP contribution in [0.2, 0.25) is 0 Å². The van der Waals surface area contributed by atoms with Crippen molar-refractivity contribution >= 4 is 11.9 Å². The summed E-state index contributed by atoms with van der Waals surface area (Å²) in [5, 5.41) is 0. The molecule has 0 bridgehead atoms. The highest BCUT2D eigenvalue weighted by atomic mass is 16.7. The van der Waals surface area contributed by atoms with Crippen molar-refractivity contribution in [3.05, 3.63) is 0 Å². The van der Waals surface area contributed by atoms with Crippen molar-refractivity contribution in [3.63, 3.8) is 0 Å². The van der Waals surface area contributed by atoms with Crippen LogP contribution in [0.15, 0.2) is 0 Å². The van der Waals surface area contributed by atoms with E-state index in [-0.39, 0.29) is 0 Å². The lowest BCUT2D eigenvalue weighted by Gasteiger charge is -2.23. The molecular weight excluding hydrogens is 180 g/mol. The molecule has 0 aromatic rings. The van der Waals surface area contributed by atoms with E-state index in [0.717, 1.165) is 28.4 Å². The molecule has 0 saturated carbocycles. The van der Waals surface area contributed by atoms with Crippen LogP contribution in [0.1, 0.15) is 0 Å². The summed E-state index contributed by atoms with van der Waals surface area (Å²) < 4.78 is 17.9. The van der Waals surface area contributed by atoms with Crippen LogP contribution >= 0.6 is 0 Å². The summed E-state index contributed by atoms with van der Waals surface area (Å²) in [6, 6.07) is 0. The number of carbonyl (C=O) groups excluding carboxylic acids is 2. The Bertz CT molecular complexity index is 177. The van der Waals surface area contributed by atoms with Crippen LogP contribution in [0.3, 0.4) is 0 Å². The van der Waals surface area contributed by atoms with Crippen molar-refractivity contribution in [2.24, 2.45) is 0 Å². The molecule has 0 rings (SSSR count). The first-order chi connectivity index (χ1) is 6.08. The van der Waals surface area contributed by atoms with Gasteiger partial charge in [0.05, 0.1) is 14.2 Å². The molecule has 0 N–H and O–H groups in total. The van der Waals surface area contributed by atoms with E-state index in [9.17, 15) is 9.59 Å². The maximum Gasteiger partial charge on any atom is 0.379 e. The molecule has 0 saturated heterocycles. The summed E-state index contributed by atoms with van der Waals surface area (Å²) in [4.78, 5) is 22.2. The van der Waals surface area contributed by atoms with E-state index in [1.165, 1.54) is 0 Å². The maximum atomic E-state index is 11.1. The number of esters is 2. The van der Waals surface area contributed by atoms with Gasteiger partial charge in [0.25, 0.3) is 0 Å². The molecule has 0 aromatic carbocycles. The molecule has 0 amide bonds. The molecule has 0 unspecified atom stereocenters. The van der Waals surface area contributed by atoms with E-state index in [0.29, 0.717) is 0 Å². The van der Waals surface area contributed by atoms with Gasteiger partial charge in [0, 0.05) is 14.2 Å². The molecule has 13 heavy (non-hydrogen) atoms. The predicted molar refractivity (Wildman–Crippen MR) is 40.8 cm³/mol. The minimum atomic E-state index is -2.12. The molecule has 0 fully saturated rings. The summed E-state index contributed by atoms with van der Waals surface area (Å²) in [7, 11) is 4.49. The third kappa shape index (κ3) is 1.96. The molecule has 76 valence electrons. The first-order valence-corrected chi connectivity index (χ1v) is 3.36. The number of carbonyl (C=O) groups is 2. The molecule has 0 aromatic heterocycles. The summed E-state index contributed by atoms with van der Waals surface area (Å²) in [6.07, 6.45) is 0. The van der Waals surface area contributed by atoms with Gasteiger partial charge in [-0.3, -0.25) is 0 Å². The molecule has 0 aliphatic rings. The van der Waals surface area contributed by atoms with Crippen LogP contribution in [0.4, 0.5) is 0 Å². The predicted octanol–water partition coefficient (Wildman–Crippen LogP) is -0.679. The number of methoxy groups -OCH3 is 4. The van der Waals surface area contributed by atoms with Gasteiger partial charge in [0.15, 0.2) is 0 Å². The smallest absolute Gasteiger partial charge is 0.379 e. The summed E-state index contributed by atoms with van der Waals surface area (Å²) in [6.45, 7) is 0. The van der Waals surface area contributed by atoms with Crippen LogP contribution in [0.25, 0.3) is 0 Å². The van der Waals surface area contributed by atoms with Crippen molar-refractivity contribution in [3.8, 4) is 0 Å². The first kappa shape index (κ1) is 11.9. The molecule has 0 aliphatic heterocycles. The van der Waals surface area contributed by atoms with Gasteiger partial charge < -0.3 is 18.9 Å². The van der Waals surface area contributed by atoms with Crippen LogP contribution in [-0.2, 0) is 28.5 Å². The SMILES string of the molecule is COC(=O)C(OC)(OC)C(=O)OC.